The van der Waals surface area contributed by atoms with Crippen LogP contribution in [0.4, 0.5) is 0 Å². The molecule has 150 valence electrons. The normalized spacial score (nSPS) is 15.3. The number of hydrogen-bond donors (Lipinski definition) is 1. The minimum Gasteiger partial charge on any atom is -0.465 e. The molecule has 0 spiro atoms. The van der Waals surface area contributed by atoms with Crippen molar-refractivity contribution in [1.82, 2.24) is 9.62 Å². The number of esters is 1. The molecule has 1 aromatic carbocycles. The maximum absolute atomic E-state index is 12.5. The van der Waals surface area contributed by atoms with Crippen LogP contribution in [-0.2, 0) is 35.6 Å². The molecule has 1 saturated heterocycles. The summed E-state index contributed by atoms with van der Waals surface area (Å²) in [4.78, 5) is 23.2. The molecule has 0 radical (unpaired) electrons. The maximum Gasteiger partial charge on any atom is 0.315 e. The lowest BCUT2D eigenvalue weighted by Crippen LogP contribution is -2.40. The third kappa shape index (κ3) is 6.80. The molecule has 0 saturated carbocycles. The number of amides is 1. The van der Waals surface area contributed by atoms with Crippen LogP contribution in [0.25, 0.3) is 0 Å². The number of ether oxygens (including phenoxy) is 2. The second kappa shape index (κ2) is 10.6. The third-order valence-corrected chi connectivity index (χ3v) is 6.60. The molecule has 10 heteroatoms. The van der Waals surface area contributed by atoms with Crippen molar-refractivity contribution in [2.45, 2.75) is 18.4 Å². The average molecular weight is 417 g/mol. The monoisotopic (exact) mass is 416 g/mol. The Morgan fingerprint density at radius 1 is 1.19 bits per heavy atom. The van der Waals surface area contributed by atoms with Crippen molar-refractivity contribution in [2.75, 3.05) is 44.4 Å². The molecule has 1 aliphatic heterocycles. The summed E-state index contributed by atoms with van der Waals surface area (Å²) in [6.45, 7) is 3.84. The van der Waals surface area contributed by atoms with Gasteiger partial charge >= 0.3 is 5.97 Å². The number of nitrogens with zero attached hydrogens (tertiary/aromatic N) is 1. The first-order valence-electron chi connectivity index (χ1n) is 8.60. The molecule has 0 atom stereocenters. The van der Waals surface area contributed by atoms with Gasteiger partial charge in [-0.1, -0.05) is 12.1 Å². The van der Waals surface area contributed by atoms with E-state index in [0.717, 1.165) is 5.56 Å². The summed E-state index contributed by atoms with van der Waals surface area (Å²) in [5.41, 5.74) is 0.791. The van der Waals surface area contributed by atoms with Crippen molar-refractivity contribution in [3.05, 3.63) is 29.8 Å². The molecule has 1 aliphatic rings. The second-order valence-electron chi connectivity index (χ2n) is 5.73. The highest BCUT2D eigenvalue weighted by atomic mass is 32.2. The fourth-order valence-corrected chi connectivity index (χ4v) is 4.44. The smallest absolute Gasteiger partial charge is 0.315 e. The van der Waals surface area contributed by atoms with E-state index in [-0.39, 0.29) is 34.8 Å². The van der Waals surface area contributed by atoms with Crippen LogP contribution < -0.4 is 5.32 Å². The number of carbonyl (C=O) groups is 2. The van der Waals surface area contributed by atoms with E-state index in [0.29, 0.717) is 32.9 Å². The fourth-order valence-electron chi connectivity index (χ4n) is 2.40. The molecule has 8 nitrogen and oxygen atoms in total. The number of benzene rings is 1. The summed E-state index contributed by atoms with van der Waals surface area (Å²) < 4.78 is 36.5. The number of nitrogens with one attached hydrogen (secondary N) is 1. The second-order valence-corrected chi connectivity index (χ2v) is 8.66. The third-order valence-electron chi connectivity index (χ3n) is 3.78. The minimum atomic E-state index is -3.52. The van der Waals surface area contributed by atoms with E-state index < -0.39 is 10.0 Å². The van der Waals surface area contributed by atoms with E-state index in [9.17, 15) is 18.0 Å². The van der Waals surface area contributed by atoms with Gasteiger partial charge in [0.15, 0.2) is 0 Å². The molecule has 27 heavy (non-hydrogen) atoms. The standard InChI is InChI=1S/C17H24N2O6S2/c1-2-25-17(21)13-26-12-16(20)18-11-14-3-5-15(6-4-14)27(22,23)19-7-9-24-10-8-19/h3-6H,2,7-13H2,1H3,(H,18,20). The van der Waals surface area contributed by atoms with Gasteiger partial charge in [0.05, 0.1) is 36.2 Å². The highest BCUT2D eigenvalue weighted by Crippen LogP contribution is 2.17. The van der Waals surface area contributed by atoms with Crippen LogP contribution in [0.5, 0.6) is 0 Å². The van der Waals surface area contributed by atoms with Crippen LogP contribution in [0.3, 0.4) is 0 Å². The van der Waals surface area contributed by atoms with Gasteiger partial charge in [-0.05, 0) is 24.6 Å². The molecule has 0 bridgehead atoms. The Hall–Kier alpha value is -1.62. The van der Waals surface area contributed by atoms with Gasteiger partial charge in [-0.3, -0.25) is 9.59 Å². The zero-order chi connectivity index (χ0) is 19.7. The number of hydrogen-bond acceptors (Lipinski definition) is 7. The first kappa shape index (κ1) is 21.7. The highest BCUT2D eigenvalue weighted by molar-refractivity contribution is 8.00. The summed E-state index contributed by atoms with van der Waals surface area (Å²) >= 11 is 1.18. The lowest BCUT2D eigenvalue weighted by molar-refractivity contribution is -0.139. The van der Waals surface area contributed by atoms with Crippen molar-refractivity contribution in [2.24, 2.45) is 0 Å². The molecule has 1 amide bonds. The van der Waals surface area contributed by atoms with Crippen molar-refractivity contribution >= 4 is 33.7 Å². The quantitative estimate of drug-likeness (QED) is 0.589. The Morgan fingerprint density at radius 2 is 1.85 bits per heavy atom. The first-order valence-corrected chi connectivity index (χ1v) is 11.2. The number of thioether (sulfide) groups is 1. The van der Waals surface area contributed by atoms with Crippen LogP contribution in [0.1, 0.15) is 12.5 Å². The largest absolute Gasteiger partial charge is 0.465 e. The molecule has 1 heterocycles. The Balaban J connectivity index is 1.80. The van der Waals surface area contributed by atoms with Crippen LogP contribution in [0, 0.1) is 0 Å². The Kier molecular flexibility index (Phi) is 8.55. The van der Waals surface area contributed by atoms with Crippen molar-refractivity contribution in [1.29, 1.82) is 0 Å². The fraction of sp³-hybridized carbons (Fsp3) is 0.529. The summed E-state index contributed by atoms with van der Waals surface area (Å²) in [5, 5.41) is 2.74. The zero-order valence-electron chi connectivity index (χ0n) is 15.2. The molecule has 0 aromatic heterocycles. The van der Waals surface area contributed by atoms with E-state index >= 15 is 0 Å². The van der Waals surface area contributed by atoms with Gasteiger partial charge in [-0.15, -0.1) is 11.8 Å². The van der Waals surface area contributed by atoms with Gasteiger partial charge in [0.1, 0.15) is 0 Å². The lowest BCUT2D eigenvalue weighted by atomic mass is 10.2. The summed E-state index contributed by atoms with van der Waals surface area (Å²) in [7, 11) is -3.52. The van der Waals surface area contributed by atoms with Crippen LogP contribution in [0.15, 0.2) is 29.2 Å². The van der Waals surface area contributed by atoms with Crippen molar-refractivity contribution in [3.63, 3.8) is 0 Å². The predicted molar refractivity (Wildman–Crippen MR) is 102 cm³/mol. The Bertz CT molecular complexity index is 730. The van der Waals surface area contributed by atoms with Gasteiger partial charge < -0.3 is 14.8 Å². The minimum absolute atomic E-state index is 0.134. The van der Waals surface area contributed by atoms with E-state index in [1.807, 2.05) is 0 Å². The van der Waals surface area contributed by atoms with Gasteiger partial charge in [0, 0.05) is 19.6 Å². The van der Waals surface area contributed by atoms with Crippen molar-refractivity contribution < 1.29 is 27.5 Å². The number of morpholine rings is 1. The maximum atomic E-state index is 12.5. The van der Waals surface area contributed by atoms with E-state index in [4.69, 9.17) is 9.47 Å². The Labute approximate surface area is 163 Å². The molecule has 1 aromatic rings. The number of carbonyl (C=O) groups excluding carboxylic acids is 2. The summed E-state index contributed by atoms with van der Waals surface area (Å²) in [6.07, 6.45) is 0. The topological polar surface area (TPSA) is 102 Å². The van der Waals surface area contributed by atoms with Gasteiger partial charge in [-0.2, -0.15) is 4.31 Å². The van der Waals surface area contributed by atoms with Crippen LogP contribution in [-0.4, -0.2) is 69.0 Å². The lowest BCUT2D eigenvalue weighted by Gasteiger charge is -2.26. The molecule has 1 fully saturated rings. The zero-order valence-corrected chi connectivity index (χ0v) is 16.8. The van der Waals surface area contributed by atoms with Gasteiger partial charge in [0.2, 0.25) is 15.9 Å². The molecule has 2 rings (SSSR count). The molecule has 0 aliphatic carbocycles. The van der Waals surface area contributed by atoms with Crippen LogP contribution in [0.2, 0.25) is 0 Å². The molecular weight excluding hydrogens is 392 g/mol. The summed E-state index contributed by atoms with van der Waals surface area (Å²) in [6, 6.07) is 6.45. The first-order chi connectivity index (χ1) is 12.9. The Morgan fingerprint density at radius 3 is 2.48 bits per heavy atom. The SMILES string of the molecule is CCOC(=O)CSCC(=O)NCc1ccc(S(=O)(=O)N2CCOCC2)cc1. The predicted octanol–water partition coefficient (Wildman–Crippen LogP) is 0.620. The number of sulfonamides is 1. The van der Waals surface area contributed by atoms with E-state index in [2.05, 4.69) is 5.32 Å². The summed E-state index contributed by atoms with van der Waals surface area (Å²) in [5.74, 6) is -0.251. The van der Waals surface area contributed by atoms with E-state index in [1.165, 1.54) is 16.1 Å². The molecule has 0 unspecified atom stereocenters. The van der Waals surface area contributed by atoms with Gasteiger partial charge in [0.25, 0.3) is 0 Å². The van der Waals surface area contributed by atoms with Crippen LogP contribution >= 0.6 is 11.8 Å². The number of rotatable bonds is 9. The average Bonchev–Trinajstić information content (AvgIpc) is 2.67. The van der Waals surface area contributed by atoms with E-state index in [1.54, 1.807) is 31.2 Å². The van der Waals surface area contributed by atoms with Crippen molar-refractivity contribution in [3.8, 4) is 0 Å². The van der Waals surface area contributed by atoms with Gasteiger partial charge in [-0.25, -0.2) is 8.42 Å². The molecule has 1 N–H and O–H groups in total. The highest BCUT2D eigenvalue weighted by Gasteiger charge is 2.26. The molecular formula is C17H24N2O6S2.